The van der Waals surface area contributed by atoms with E-state index in [2.05, 4.69) is 0 Å². The molecule has 0 aliphatic carbocycles. The lowest BCUT2D eigenvalue weighted by molar-refractivity contribution is 0.0693. The van der Waals surface area contributed by atoms with Gasteiger partial charge in [0, 0.05) is 37.9 Å². The molecule has 1 aromatic carbocycles. The molecule has 0 saturated carbocycles. The fourth-order valence-electron chi connectivity index (χ4n) is 3.61. The summed E-state index contributed by atoms with van der Waals surface area (Å²) in [6.45, 7) is 5.09. The lowest BCUT2D eigenvalue weighted by Gasteiger charge is -2.33. The summed E-state index contributed by atoms with van der Waals surface area (Å²) in [6, 6.07) is 5.17. The van der Waals surface area contributed by atoms with Crippen molar-refractivity contribution in [2.24, 2.45) is 5.92 Å². The van der Waals surface area contributed by atoms with Crippen LogP contribution in [-0.2, 0) is 11.2 Å². The summed E-state index contributed by atoms with van der Waals surface area (Å²) >= 11 is 0. The van der Waals surface area contributed by atoms with Crippen LogP contribution in [0.1, 0.15) is 42.2 Å². The molecule has 0 spiro atoms. The van der Waals surface area contributed by atoms with Crippen LogP contribution in [0.3, 0.4) is 0 Å². The molecular weight excluding hydrogens is 365 g/mol. The quantitative estimate of drug-likeness (QED) is 0.733. The normalized spacial score (nSPS) is 15.2. The minimum absolute atomic E-state index is 0.113. The Morgan fingerprint density at radius 2 is 2.11 bits per heavy atom. The number of benzene rings is 1. The third-order valence-electron chi connectivity index (χ3n) is 5.06. The van der Waals surface area contributed by atoms with E-state index in [1.54, 1.807) is 23.8 Å². The van der Waals surface area contributed by atoms with Gasteiger partial charge in [-0.1, -0.05) is 13.8 Å². The highest BCUT2D eigenvalue weighted by atomic mass is 19.1. The average molecular weight is 389 g/mol. The van der Waals surface area contributed by atoms with Gasteiger partial charge in [-0.2, -0.15) is 0 Å². The number of rotatable bonds is 7. The largest absolute Gasteiger partial charge is 0.493 e. The molecule has 6 nitrogen and oxygen atoms in total. The number of hydrogen-bond acceptors (Lipinski definition) is 4. The summed E-state index contributed by atoms with van der Waals surface area (Å²) in [6.07, 6.45) is 2.62. The average Bonchev–Trinajstić information content (AvgIpc) is 2.66. The molecule has 1 atom stereocenters. The number of carboxylic acids is 1. The third-order valence-corrected chi connectivity index (χ3v) is 5.06. The van der Waals surface area contributed by atoms with E-state index < -0.39 is 22.8 Å². The zero-order valence-electron chi connectivity index (χ0n) is 16.2. The second-order valence-electron chi connectivity index (χ2n) is 7.28. The lowest BCUT2D eigenvalue weighted by Crippen LogP contribution is -2.30. The van der Waals surface area contributed by atoms with E-state index in [0.29, 0.717) is 30.9 Å². The van der Waals surface area contributed by atoms with Crippen LogP contribution in [0.4, 0.5) is 4.39 Å². The Bertz CT molecular complexity index is 951. The topological polar surface area (TPSA) is 77.8 Å². The summed E-state index contributed by atoms with van der Waals surface area (Å²) in [5.41, 5.74) is -0.0275. The van der Waals surface area contributed by atoms with Crippen molar-refractivity contribution in [3.05, 3.63) is 51.6 Å². The number of ether oxygens (including phenoxy) is 2. The number of carbonyl (C=O) groups is 1. The van der Waals surface area contributed by atoms with Crippen LogP contribution >= 0.6 is 0 Å². The van der Waals surface area contributed by atoms with Crippen molar-refractivity contribution in [1.29, 1.82) is 0 Å². The van der Waals surface area contributed by atoms with E-state index in [1.165, 1.54) is 6.20 Å². The van der Waals surface area contributed by atoms with Gasteiger partial charge in [-0.25, -0.2) is 9.18 Å². The van der Waals surface area contributed by atoms with E-state index in [1.807, 2.05) is 19.9 Å². The van der Waals surface area contributed by atoms with Gasteiger partial charge in [0.05, 0.1) is 12.3 Å². The number of fused-ring (bicyclic) bond motifs is 3. The number of hydrogen-bond donors (Lipinski definition) is 1. The molecule has 2 aromatic rings. The highest BCUT2D eigenvalue weighted by Gasteiger charge is 2.31. The Balaban J connectivity index is 2.08. The van der Waals surface area contributed by atoms with Gasteiger partial charge in [0.25, 0.3) is 0 Å². The molecular formula is C21H24FNO5. The molecule has 3 rings (SSSR count). The van der Waals surface area contributed by atoms with Crippen molar-refractivity contribution in [2.75, 3.05) is 20.3 Å². The van der Waals surface area contributed by atoms with Gasteiger partial charge >= 0.3 is 5.97 Å². The molecule has 1 aliphatic rings. The van der Waals surface area contributed by atoms with E-state index in [4.69, 9.17) is 9.47 Å². The van der Waals surface area contributed by atoms with Gasteiger partial charge < -0.3 is 19.1 Å². The summed E-state index contributed by atoms with van der Waals surface area (Å²) in [5, 5.41) is 9.26. The Morgan fingerprint density at radius 3 is 2.75 bits per heavy atom. The lowest BCUT2D eigenvalue weighted by atomic mass is 9.87. The molecule has 1 unspecified atom stereocenters. The summed E-state index contributed by atoms with van der Waals surface area (Å²) < 4.78 is 27.3. The van der Waals surface area contributed by atoms with Crippen molar-refractivity contribution in [3.63, 3.8) is 0 Å². The number of aromatic nitrogens is 1. The number of aromatic carboxylic acids is 1. The molecule has 0 amide bonds. The first kappa shape index (κ1) is 20.1. The van der Waals surface area contributed by atoms with Crippen LogP contribution < -0.4 is 10.2 Å². The monoisotopic (exact) mass is 389 g/mol. The molecule has 1 aliphatic heterocycles. The maximum absolute atomic E-state index is 15.0. The fraction of sp³-hybridized carbons (Fsp3) is 0.429. The van der Waals surface area contributed by atoms with E-state index in [9.17, 15) is 19.1 Å². The highest BCUT2D eigenvalue weighted by molar-refractivity contribution is 5.88. The standard InChI is InChI=1S/C21H24FNO5/c1-12(2)17-10-13-9-14(28-8-4-7-27-3)5-6-15(13)19-18(22)20(24)16(21(25)26)11-23(17)19/h5-6,9,11-12,17H,4,7-8,10H2,1-3H3,(H,25,26). The fourth-order valence-corrected chi connectivity index (χ4v) is 3.61. The van der Waals surface area contributed by atoms with Crippen LogP contribution in [0, 0.1) is 11.7 Å². The van der Waals surface area contributed by atoms with Crippen molar-refractivity contribution in [2.45, 2.75) is 32.7 Å². The first-order chi connectivity index (χ1) is 13.3. The number of pyridine rings is 1. The SMILES string of the molecule is COCCCOc1ccc2c(c1)CC(C(C)C)n1cc(C(=O)O)c(=O)c(F)c1-2. The Hall–Kier alpha value is -2.67. The van der Waals surface area contributed by atoms with Gasteiger partial charge in [0.2, 0.25) is 5.43 Å². The van der Waals surface area contributed by atoms with Crippen molar-refractivity contribution in [3.8, 4) is 17.0 Å². The molecule has 2 heterocycles. The van der Waals surface area contributed by atoms with Crippen molar-refractivity contribution < 1.29 is 23.8 Å². The van der Waals surface area contributed by atoms with Crippen LogP contribution in [0.15, 0.2) is 29.2 Å². The summed E-state index contributed by atoms with van der Waals surface area (Å²) in [4.78, 5) is 23.6. The molecule has 7 heteroatoms. The molecule has 0 radical (unpaired) electrons. The van der Waals surface area contributed by atoms with E-state index in [0.717, 1.165) is 12.0 Å². The number of carboxylic acid groups (broad SMARTS) is 1. The predicted octanol–water partition coefficient (Wildman–Crippen LogP) is 3.52. The van der Waals surface area contributed by atoms with Crippen molar-refractivity contribution >= 4 is 5.97 Å². The number of halogens is 1. The van der Waals surface area contributed by atoms with Gasteiger partial charge in [-0.05, 0) is 36.1 Å². The molecule has 1 aromatic heterocycles. The molecule has 150 valence electrons. The highest BCUT2D eigenvalue weighted by Crippen LogP contribution is 2.39. The first-order valence-electron chi connectivity index (χ1n) is 9.28. The minimum atomic E-state index is -1.42. The van der Waals surface area contributed by atoms with Crippen LogP contribution in [0.25, 0.3) is 11.3 Å². The molecule has 28 heavy (non-hydrogen) atoms. The first-order valence-corrected chi connectivity index (χ1v) is 9.28. The van der Waals surface area contributed by atoms with Crippen LogP contribution in [-0.4, -0.2) is 36.0 Å². The van der Waals surface area contributed by atoms with Crippen molar-refractivity contribution in [1.82, 2.24) is 4.57 Å². The van der Waals surface area contributed by atoms with Gasteiger partial charge in [0.15, 0.2) is 5.82 Å². The van der Waals surface area contributed by atoms with E-state index >= 15 is 0 Å². The predicted molar refractivity (Wildman–Crippen MR) is 103 cm³/mol. The summed E-state index contributed by atoms with van der Waals surface area (Å²) in [5.74, 6) is -1.66. The zero-order chi connectivity index (χ0) is 20.4. The maximum Gasteiger partial charge on any atom is 0.341 e. The van der Waals surface area contributed by atoms with Crippen LogP contribution in [0.5, 0.6) is 5.75 Å². The Kier molecular flexibility index (Phi) is 5.84. The zero-order valence-corrected chi connectivity index (χ0v) is 16.2. The smallest absolute Gasteiger partial charge is 0.341 e. The van der Waals surface area contributed by atoms with Gasteiger partial charge in [-0.3, -0.25) is 4.79 Å². The second-order valence-corrected chi connectivity index (χ2v) is 7.28. The van der Waals surface area contributed by atoms with Gasteiger partial charge in [-0.15, -0.1) is 0 Å². The molecule has 0 fully saturated rings. The van der Waals surface area contributed by atoms with E-state index in [-0.39, 0.29) is 17.7 Å². The molecule has 0 bridgehead atoms. The number of methoxy groups -OCH3 is 1. The number of nitrogens with zero attached hydrogens (tertiary/aromatic N) is 1. The molecule has 0 saturated heterocycles. The maximum atomic E-state index is 15.0. The second kappa shape index (κ2) is 8.14. The van der Waals surface area contributed by atoms with Gasteiger partial charge in [0.1, 0.15) is 11.3 Å². The summed E-state index contributed by atoms with van der Waals surface area (Å²) in [7, 11) is 1.63. The van der Waals surface area contributed by atoms with Crippen LogP contribution in [0.2, 0.25) is 0 Å². The molecule has 1 N–H and O–H groups in total. The minimum Gasteiger partial charge on any atom is -0.493 e. The Morgan fingerprint density at radius 1 is 1.36 bits per heavy atom. The third kappa shape index (κ3) is 3.67. The Labute approximate surface area is 162 Å².